The van der Waals surface area contributed by atoms with Crippen LogP contribution in [0.1, 0.15) is 16.7 Å². The van der Waals surface area contributed by atoms with E-state index in [-0.39, 0.29) is 12.4 Å². The SMILES string of the molecule is Cc1ccc(NCc2cc(Cl)c(OCc3ccc(F)cc3)c(Cl)c2)cc1. The van der Waals surface area contributed by atoms with Gasteiger partial charge in [0.1, 0.15) is 12.4 Å². The summed E-state index contributed by atoms with van der Waals surface area (Å²) in [6, 6.07) is 17.9. The van der Waals surface area contributed by atoms with Gasteiger partial charge in [-0.1, -0.05) is 53.0 Å². The molecule has 0 aliphatic carbocycles. The number of hydrogen-bond acceptors (Lipinski definition) is 2. The molecule has 0 aromatic heterocycles. The molecular weight excluding hydrogens is 372 g/mol. The van der Waals surface area contributed by atoms with Crippen molar-refractivity contribution >= 4 is 28.9 Å². The van der Waals surface area contributed by atoms with Crippen LogP contribution in [0, 0.1) is 12.7 Å². The molecule has 2 nitrogen and oxygen atoms in total. The molecule has 0 atom stereocenters. The molecule has 3 aromatic carbocycles. The van der Waals surface area contributed by atoms with Crippen LogP contribution in [0.4, 0.5) is 10.1 Å². The van der Waals surface area contributed by atoms with Gasteiger partial charge in [-0.25, -0.2) is 4.39 Å². The second-order valence-corrected chi connectivity index (χ2v) is 6.84. The van der Waals surface area contributed by atoms with Gasteiger partial charge in [0.15, 0.2) is 5.75 Å². The monoisotopic (exact) mass is 389 g/mol. The fourth-order valence-electron chi connectivity index (χ4n) is 2.46. The predicted octanol–water partition coefficient (Wildman–Crippen LogP) is 6.63. The molecule has 5 heteroatoms. The van der Waals surface area contributed by atoms with E-state index >= 15 is 0 Å². The highest BCUT2D eigenvalue weighted by Gasteiger charge is 2.10. The third-order valence-electron chi connectivity index (χ3n) is 3.90. The van der Waals surface area contributed by atoms with Crippen molar-refractivity contribution in [1.29, 1.82) is 0 Å². The molecule has 26 heavy (non-hydrogen) atoms. The van der Waals surface area contributed by atoms with Crippen molar-refractivity contribution in [2.45, 2.75) is 20.1 Å². The van der Waals surface area contributed by atoms with Gasteiger partial charge in [-0.3, -0.25) is 0 Å². The highest BCUT2D eigenvalue weighted by atomic mass is 35.5. The molecule has 0 heterocycles. The Hall–Kier alpha value is -2.23. The second-order valence-electron chi connectivity index (χ2n) is 6.02. The van der Waals surface area contributed by atoms with Crippen LogP contribution in [-0.4, -0.2) is 0 Å². The Kier molecular flexibility index (Phi) is 6.02. The van der Waals surface area contributed by atoms with Crippen LogP contribution in [0.5, 0.6) is 5.75 Å². The molecule has 0 aliphatic rings. The minimum absolute atomic E-state index is 0.265. The number of aryl methyl sites for hydroxylation is 1. The van der Waals surface area contributed by atoms with Crippen LogP contribution in [0.3, 0.4) is 0 Å². The van der Waals surface area contributed by atoms with Gasteiger partial charge < -0.3 is 10.1 Å². The van der Waals surface area contributed by atoms with Crippen LogP contribution >= 0.6 is 23.2 Å². The van der Waals surface area contributed by atoms with Gasteiger partial charge in [0.05, 0.1) is 10.0 Å². The standard InChI is InChI=1S/C21H18Cl2FNO/c1-14-2-8-18(9-3-14)25-12-16-10-19(22)21(20(23)11-16)26-13-15-4-6-17(24)7-5-15/h2-11,25H,12-13H2,1H3. The van der Waals surface area contributed by atoms with Crippen LogP contribution in [0.25, 0.3) is 0 Å². The van der Waals surface area contributed by atoms with Crippen molar-refractivity contribution in [2.24, 2.45) is 0 Å². The maximum Gasteiger partial charge on any atom is 0.156 e. The number of hydrogen-bond donors (Lipinski definition) is 1. The number of ether oxygens (including phenoxy) is 1. The summed E-state index contributed by atoms with van der Waals surface area (Å²) in [5.41, 5.74) is 4.03. The lowest BCUT2D eigenvalue weighted by Gasteiger charge is -2.13. The largest absolute Gasteiger partial charge is 0.486 e. The average Bonchev–Trinajstić information content (AvgIpc) is 2.62. The minimum Gasteiger partial charge on any atom is -0.486 e. The fourth-order valence-corrected chi connectivity index (χ4v) is 3.11. The smallest absolute Gasteiger partial charge is 0.156 e. The number of rotatable bonds is 6. The van der Waals surface area contributed by atoms with Gasteiger partial charge in [-0.15, -0.1) is 0 Å². The molecule has 0 radical (unpaired) electrons. The Morgan fingerprint density at radius 3 is 2.12 bits per heavy atom. The Bertz CT molecular complexity index is 857. The van der Waals surface area contributed by atoms with Crippen LogP contribution in [-0.2, 0) is 13.2 Å². The molecule has 0 bridgehead atoms. The van der Waals surface area contributed by atoms with Crippen molar-refractivity contribution in [3.63, 3.8) is 0 Å². The van der Waals surface area contributed by atoms with Gasteiger partial charge in [0.25, 0.3) is 0 Å². The topological polar surface area (TPSA) is 21.3 Å². The van der Waals surface area contributed by atoms with E-state index in [1.807, 2.05) is 31.2 Å². The van der Waals surface area contributed by atoms with Crippen LogP contribution in [0.15, 0.2) is 60.7 Å². The van der Waals surface area contributed by atoms with Crippen molar-refractivity contribution in [2.75, 3.05) is 5.32 Å². The first-order valence-corrected chi connectivity index (χ1v) is 8.92. The fraction of sp³-hybridized carbons (Fsp3) is 0.143. The molecule has 0 unspecified atom stereocenters. The van der Waals surface area contributed by atoms with Gasteiger partial charge in [0.2, 0.25) is 0 Å². The van der Waals surface area contributed by atoms with E-state index in [0.717, 1.165) is 16.8 Å². The first-order valence-electron chi connectivity index (χ1n) is 8.17. The lowest BCUT2D eigenvalue weighted by molar-refractivity contribution is 0.306. The lowest BCUT2D eigenvalue weighted by atomic mass is 10.2. The molecule has 0 amide bonds. The van der Waals surface area contributed by atoms with Crippen molar-refractivity contribution in [3.8, 4) is 5.75 Å². The number of halogens is 3. The molecule has 0 aliphatic heterocycles. The van der Waals surface area contributed by atoms with Crippen LogP contribution in [0.2, 0.25) is 10.0 Å². The first kappa shape index (κ1) is 18.6. The molecule has 0 saturated carbocycles. The average molecular weight is 390 g/mol. The maximum atomic E-state index is 12.9. The summed E-state index contributed by atoms with van der Waals surface area (Å²) < 4.78 is 18.7. The van der Waals surface area contributed by atoms with E-state index in [1.165, 1.54) is 17.7 Å². The molecule has 0 saturated heterocycles. The summed E-state index contributed by atoms with van der Waals surface area (Å²) in [6.45, 7) is 2.91. The van der Waals surface area contributed by atoms with E-state index in [4.69, 9.17) is 27.9 Å². The Morgan fingerprint density at radius 2 is 1.50 bits per heavy atom. The highest BCUT2D eigenvalue weighted by Crippen LogP contribution is 2.35. The quantitative estimate of drug-likeness (QED) is 0.510. The molecule has 3 aromatic rings. The summed E-state index contributed by atoms with van der Waals surface area (Å²) in [6.07, 6.45) is 0. The number of anilines is 1. The zero-order valence-corrected chi connectivity index (χ0v) is 15.7. The lowest BCUT2D eigenvalue weighted by Crippen LogP contribution is -2.01. The molecule has 3 rings (SSSR count). The number of benzene rings is 3. The summed E-state index contributed by atoms with van der Waals surface area (Å²) in [5.74, 6) is 0.145. The zero-order valence-electron chi connectivity index (χ0n) is 14.2. The Morgan fingerprint density at radius 1 is 0.885 bits per heavy atom. The minimum atomic E-state index is -0.282. The summed E-state index contributed by atoms with van der Waals surface area (Å²) in [4.78, 5) is 0. The van der Waals surface area contributed by atoms with Crippen molar-refractivity contribution in [1.82, 2.24) is 0 Å². The molecule has 0 fully saturated rings. The number of nitrogens with one attached hydrogen (secondary N) is 1. The van der Waals surface area contributed by atoms with Gasteiger partial charge in [-0.05, 0) is 54.4 Å². The van der Waals surface area contributed by atoms with E-state index in [1.54, 1.807) is 12.1 Å². The second kappa shape index (κ2) is 8.43. The first-order chi connectivity index (χ1) is 12.5. The predicted molar refractivity (Wildman–Crippen MR) is 106 cm³/mol. The third-order valence-corrected chi connectivity index (χ3v) is 4.46. The van der Waals surface area contributed by atoms with E-state index in [2.05, 4.69) is 17.4 Å². The maximum absolute atomic E-state index is 12.9. The summed E-state index contributed by atoms with van der Waals surface area (Å²) >= 11 is 12.7. The molecular formula is C21H18Cl2FNO. The third kappa shape index (κ3) is 4.90. The Labute approximate surface area is 162 Å². The van der Waals surface area contributed by atoms with Crippen molar-refractivity contribution < 1.29 is 9.13 Å². The van der Waals surface area contributed by atoms with E-state index in [0.29, 0.717) is 22.3 Å². The van der Waals surface area contributed by atoms with Gasteiger partial charge in [0, 0.05) is 12.2 Å². The van der Waals surface area contributed by atoms with E-state index < -0.39 is 0 Å². The Balaban J connectivity index is 1.65. The van der Waals surface area contributed by atoms with E-state index in [9.17, 15) is 4.39 Å². The highest BCUT2D eigenvalue weighted by molar-refractivity contribution is 6.37. The molecule has 134 valence electrons. The van der Waals surface area contributed by atoms with Gasteiger partial charge in [-0.2, -0.15) is 0 Å². The van der Waals surface area contributed by atoms with Gasteiger partial charge >= 0.3 is 0 Å². The summed E-state index contributed by atoms with van der Waals surface area (Å²) in [7, 11) is 0. The van der Waals surface area contributed by atoms with Crippen LogP contribution < -0.4 is 10.1 Å². The van der Waals surface area contributed by atoms with Crippen molar-refractivity contribution in [3.05, 3.63) is 93.2 Å². The molecule has 1 N–H and O–H groups in total. The zero-order chi connectivity index (χ0) is 18.5. The summed E-state index contributed by atoms with van der Waals surface area (Å²) in [5, 5.41) is 4.22. The molecule has 0 spiro atoms. The normalized spacial score (nSPS) is 10.6.